The van der Waals surface area contributed by atoms with Crippen molar-refractivity contribution < 1.29 is 14.7 Å². The topological polar surface area (TPSA) is 70.5 Å². The van der Waals surface area contributed by atoms with E-state index in [2.05, 4.69) is 4.98 Å². The number of aromatic nitrogens is 1. The number of carboxylic acid groups (broad SMARTS) is 1. The Morgan fingerprint density at radius 1 is 1.39 bits per heavy atom. The van der Waals surface area contributed by atoms with Gasteiger partial charge in [0.1, 0.15) is 5.69 Å². The van der Waals surface area contributed by atoms with E-state index in [1.807, 2.05) is 13.0 Å². The number of carboxylic acids is 1. The SMILES string of the molecule is Cc1cccnc1C(=O)N1CCC(C(=O)O)CC1. The lowest BCUT2D eigenvalue weighted by Crippen LogP contribution is -2.40. The molecule has 2 heterocycles. The first-order chi connectivity index (χ1) is 8.59. The molecular weight excluding hydrogens is 232 g/mol. The Morgan fingerprint density at radius 3 is 2.61 bits per heavy atom. The Kier molecular flexibility index (Phi) is 3.60. The molecule has 1 aromatic rings. The van der Waals surface area contributed by atoms with Crippen molar-refractivity contribution in [2.24, 2.45) is 5.92 Å². The standard InChI is InChI=1S/C13H16N2O3/c1-9-3-2-6-14-11(9)12(16)15-7-4-10(5-8-15)13(17)18/h2-3,6,10H,4-5,7-8H2,1H3,(H,17,18). The highest BCUT2D eigenvalue weighted by molar-refractivity contribution is 5.93. The zero-order valence-corrected chi connectivity index (χ0v) is 10.3. The summed E-state index contributed by atoms with van der Waals surface area (Å²) in [6.45, 7) is 2.84. The second kappa shape index (κ2) is 5.16. The van der Waals surface area contributed by atoms with Gasteiger partial charge in [0, 0.05) is 19.3 Å². The Bertz CT molecular complexity index is 465. The van der Waals surface area contributed by atoms with Gasteiger partial charge in [0.2, 0.25) is 0 Å². The molecule has 1 amide bonds. The van der Waals surface area contributed by atoms with Gasteiger partial charge in [-0.05, 0) is 31.4 Å². The van der Waals surface area contributed by atoms with Crippen LogP contribution in [0.1, 0.15) is 28.9 Å². The van der Waals surface area contributed by atoms with Gasteiger partial charge < -0.3 is 10.0 Å². The van der Waals surface area contributed by atoms with Gasteiger partial charge in [-0.1, -0.05) is 6.07 Å². The summed E-state index contributed by atoms with van der Waals surface area (Å²) in [5.74, 6) is -1.19. The maximum absolute atomic E-state index is 12.2. The van der Waals surface area contributed by atoms with E-state index < -0.39 is 5.97 Å². The largest absolute Gasteiger partial charge is 0.481 e. The number of pyridine rings is 1. The van der Waals surface area contributed by atoms with Crippen molar-refractivity contribution in [3.05, 3.63) is 29.6 Å². The fourth-order valence-electron chi connectivity index (χ4n) is 2.19. The number of aryl methyl sites for hydroxylation is 1. The van der Waals surface area contributed by atoms with Gasteiger partial charge in [0.15, 0.2) is 0 Å². The van der Waals surface area contributed by atoms with Crippen LogP contribution in [0.5, 0.6) is 0 Å². The second-order valence-electron chi connectivity index (χ2n) is 4.57. The van der Waals surface area contributed by atoms with Gasteiger partial charge >= 0.3 is 5.97 Å². The molecule has 5 heteroatoms. The summed E-state index contributed by atoms with van der Waals surface area (Å²) in [5.41, 5.74) is 1.31. The van der Waals surface area contributed by atoms with E-state index in [0.717, 1.165) is 5.56 Å². The number of amides is 1. The van der Waals surface area contributed by atoms with Gasteiger partial charge in [0.05, 0.1) is 5.92 Å². The molecule has 1 fully saturated rings. The van der Waals surface area contributed by atoms with Crippen molar-refractivity contribution in [1.82, 2.24) is 9.88 Å². The molecule has 0 radical (unpaired) electrons. The first-order valence-corrected chi connectivity index (χ1v) is 6.03. The second-order valence-corrected chi connectivity index (χ2v) is 4.57. The van der Waals surface area contributed by atoms with E-state index in [1.165, 1.54) is 0 Å². The molecule has 1 aromatic heterocycles. The van der Waals surface area contributed by atoms with E-state index in [-0.39, 0.29) is 11.8 Å². The maximum Gasteiger partial charge on any atom is 0.306 e. The van der Waals surface area contributed by atoms with Crippen LogP contribution in [0.25, 0.3) is 0 Å². The molecule has 2 rings (SSSR count). The van der Waals surface area contributed by atoms with E-state index in [1.54, 1.807) is 17.2 Å². The van der Waals surface area contributed by atoms with Gasteiger partial charge in [-0.3, -0.25) is 14.6 Å². The number of carbonyl (C=O) groups is 2. The summed E-state index contributed by atoms with van der Waals surface area (Å²) in [6.07, 6.45) is 2.64. The lowest BCUT2D eigenvalue weighted by atomic mass is 9.97. The molecule has 0 aromatic carbocycles. The number of likely N-dealkylation sites (tertiary alicyclic amines) is 1. The van der Waals surface area contributed by atoms with Gasteiger partial charge in [-0.25, -0.2) is 0 Å². The Morgan fingerprint density at radius 2 is 2.06 bits per heavy atom. The number of rotatable bonds is 2. The molecule has 0 unspecified atom stereocenters. The van der Waals surface area contributed by atoms with Crippen molar-refractivity contribution in [2.75, 3.05) is 13.1 Å². The maximum atomic E-state index is 12.2. The molecule has 1 aliphatic heterocycles. The minimum atomic E-state index is -0.767. The number of hydrogen-bond acceptors (Lipinski definition) is 3. The molecule has 1 saturated heterocycles. The number of hydrogen-bond donors (Lipinski definition) is 1. The van der Waals surface area contributed by atoms with Gasteiger partial charge in [0.25, 0.3) is 5.91 Å². The third-order valence-corrected chi connectivity index (χ3v) is 3.34. The van der Waals surface area contributed by atoms with Crippen LogP contribution in [0, 0.1) is 12.8 Å². The average Bonchev–Trinajstić information content (AvgIpc) is 2.38. The quantitative estimate of drug-likeness (QED) is 0.857. The molecule has 1 aliphatic rings. The Labute approximate surface area is 105 Å². The summed E-state index contributed by atoms with van der Waals surface area (Å²) in [7, 11) is 0. The molecule has 0 atom stereocenters. The van der Waals surface area contributed by atoms with E-state index in [9.17, 15) is 9.59 Å². The molecular formula is C13H16N2O3. The van der Waals surface area contributed by atoms with E-state index >= 15 is 0 Å². The van der Waals surface area contributed by atoms with Crippen LogP contribution in [0.4, 0.5) is 0 Å². The van der Waals surface area contributed by atoms with Crippen LogP contribution < -0.4 is 0 Å². The Hall–Kier alpha value is -1.91. The molecule has 0 saturated carbocycles. The molecule has 18 heavy (non-hydrogen) atoms. The highest BCUT2D eigenvalue weighted by Crippen LogP contribution is 2.19. The van der Waals surface area contributed by atoms with Crippen molar-refractivity contribution >= 4 is 11.9 Å². The van der Waals surface area contributed by atoms with Crippen LogP contribution in [0.3, 0.4) is 0 Å². The number of piperidine rings is 1. The minimum absolute atomic E-state index is 0.100. The summed E-state index contributed by atoms with van der Waals surface area (Å²) in [5, 5.41) is 8.91. The summed E-state index contributed by atoms with van der Waals surface area (Å²) >= 11 is 0. The average molecular weight is 248 g/mol. The van der Waals surface area contributed by atoms with Crippen LogP contribution in [0.2, 0.25) is 0 Å². The zero-order valence-electron chi connectivity index (χ0n) is 10.3. The molecule has 5 nitrogen and oxygen atoms in total. The first kappa shape index (κ1) is 12.5. The van der Waals surface area contributed by atoms with Crippen molar-refractivity contribution in [3.8, 4) is 0 Å². The lowest BCUT2D eigenvalue weighted by Gasteiger charge is -2.30. The highest BCUT2D eigenvalue weighted by atomic mass is 16.4. The van der Waals surface area contributed by atoms with Crippen LogP contribution in [-0.2, 0) is 4.79 Å². The number of nitrogens with zero attached hydrogens (tertiary/aromatic N) is 2. The molecule has 0 spiro atoms. The number of carbonyl (C=O) groups excluding carboxylic acids is 1. The molecule has 0 bridgehead atoms. The predicted octanol–water partition coefficient (Wildman–Crippen LogP) is 1.33. The fraction of sp³-hybridized carbons (Fsp3) is 0.462. The fourth-order valence-corrected chi connectivity index (χ4v) is 2.19. The molecule has 0 aliphatic carbocycles. The molecule has 96 valence electrons. The van der Waals surface area contributed by atoms with Crippen LogP contribution in [-0.4, -0.2) is 40.0 Å². The van der Waals surface area contributed by atoms with Crippen molar-refractivity contribution in [3.63, 3.8) is 0 Å². The lowest BCUT2D eigenvalue weighted by molar-refractivity contribution is -0.143. The smallest absolute Gasteiger partial charge is 0.306 e. The van der Waals surface area contributed by atoms with Gasteiger partial charge in [-0.2, -0.15) is 0 Å². The third kappa shape index (κ3) is 2.50. The summed E-state index contributed by atoms with van der Waals surface area (Å²) in [4.78, 5) is 28.8. The molecule has 1 N–H and O–H groups in total. The predicted molar refractivity (Wildman–Crippen MR) is 65.2 cm³/mol. The van der Waals surface area contributed by atoms with Crippen LogP contribution >= 0.6 is 0 Å². The third-order valence-electron chi connectivity index (χ3n) is 3.34. The highest BCUT2D eigenvalue weighted by Gasteiger charge is 2.28. The summed E-state index contributed by atoms with van der Waals surface area (Å²) < 4.78 is 0. The summed E-state index contributed by atoms with van der Waals surface area (Å²) in [6, 6.07) is 3.65. The monoisotopic (exact) mass is 248 g/mol. The number of aliphatic carboxylic acids is 1. The minimum Gasteiger partial charge on any atom is -0.481 e. The Balaban J connectivity index is 2.04. The zero-order chi connectivity index (χ0) is 13.1. The van der Waals surface area contributed by atoms with Crippen LogP contribution in [0.15, 0.2) is 18.3 Å². The first-order valence-electron chi connectivity index (χ1n) is 6.03. The van der Waals surface area contributed by atoms with Gasteiger partial charge in [-0.15, -0.1) is 0 Å². The van der Waals surface area contributed by atoms with Crippen molar-refractivity contribution in [2.45, 2.75) is 19.8 Å². The van der Waals surface area contributed by atoms with E-state index in [0.29, 0.717) is 31.6 Å². The van der Waals surface area contributed by atoms with E-state index in [4.69, 9.17) is 5.11 Å². The van der Waals surface area contributed by atoms with Crippen molar-refractivity contribution in [1.29, 1.82) is 0 Å². The normalized spacial score (nSPS) is 16.6.